The second kappa shape index (κ2) is 5.47. The van der Waals surface area contributed by atoms with Crippen molar-refractivity contribution in [2.45, 2.75) is 19.9 Å². The smallest absolute Gasteiger partial charge is 0.123 e. The van der Waals surface area contributed by atoms with Gasteiger partial charge in [0.05, 0.1) is 6.07 Å². The maximum Gasteiger partial charge on any atom is 0.123 e. The summed E-state index contributed by atoms with van der Waals surface area (Å²) in [5.41, 5.74) is 0.805. The van der Waals surface area contributed by atoms with Gasteiger partial charge in [0, 0.05) is 0 Å². The van der Waals surface area contributed by atoms with Crippen LogP contribution in [-0.4, -0.2) is 6.54 Å². The molecule has 0 heterocycles. The Morgan fingerprint density at radius 2 is 1.93 bits per heavy atom. The fraction of sp³-hybridized carbons (Fsp3) is 0.417. The summed E-state index contributed by atoms with van der Waals surface area (Å²) in [6.07, 6.45) is 0. The van der Waals surface area contributed by atoms with Crippen molar-refractivity contribution in [2.24, 2.45) is 5.92 Å². The van der Waals surface area contributed by atoms with E-state index >= 15 is 0 Å². The molecule has 1 N–H and O–H groups in total. The van der Waals surface area contributed by atoms with Crippen molar-refractivity contribution in [3.63, 3.8) is 0 Å². The lowest BCUT2D eigenvalue weighted by Crippen LogP contribution is -2.24. The van der Waals surface area contributed by atoms with Gasteiger partial charge in [-0.2, -0.15) is 5.26 Å². The van der Waals surface area contributed by atoms with Gasteiger partial charge in [0.15, 0.2) is 0 Å². The molecule has 0 spiro atoms. The third-order valence-electron chi connectivity index (χ3n) is 2.06. The van der Waals surface area contributed by atoms with Crippen LogP contribution in [0.1, 0.15) is 25.5 Å². The van der Waals surface area contributed by atoms with E-state index in [-0.39, 0.29) is 11.9 Å². The minimum absolute atomic E-state index is 0.278. The van der Waals surface area contributed by atoms with Crippen molar-refractivity contribution in [3.05, 3.63) is 35.6 Å². The topological polar surface area (TPSA) is 35.8 Å². The number of hydrogen-bond donors (Lipinski definition) is 1. The average molecular weight is 206 g/mol. The molecule has 1 aromatic carbocycles. The number of nitrogens with one attached hydrogen (secondary N) is 1. The molecule has 0 radical (unpaired) electrons. The maximum atomic E-state index is 12.7. The highest BCUT2D eigenvalue weighted by Gasteiger charge is 2.09. The van der Waals surface area contributed by atoms with E-state index < -0.39 is 0 Å². The Kier molecular flexibility index (Phi) is 4.26. The number of halogens is 1. The van der Waals surface area contributed by atoms with Gasteiger partial charge in [-0.3, -0.25) is 5.32 Å². The highest BCUT2D eigenvalue weighted by molar-refractivity contribution is 5.24. The fourth-order valence-electron chi connectivity index (χ4n) is 1.25. The van der Waals surface area contributed by atoms with Crippen LogP contribution in [0.5, 0.6) is 0 Å². The normalized spacial score (nSPS) is 12.5. The van der Waals surface area contributed by atoms with Gasteiger partial charge < -0.3 is 0 Å². The molecule has 0 saturated heterocycles. The first kappa shape index (κ1) is 11.7. The molecular formula is C12H15FN2. The molecule has 1 rings (SSSR count). The number of nitrogens with zero attached hydrogens (tertiary/aromatic N) is 1. The second-order valence-electron chi connectivity index (χ2n) is 3.92. The second-order valence-corrected chi connectivity index (χ2v) is 3.92. The molecule has 1 aromatic rings. The van der Waals surface area contributed by atoms with Crippen molar-refractivity contribution in [2.75, 3.05) is 6.54 Å². The Morgan fingerprint density at radius 1 is 1.33 bits per heavy atom. The zero-order chi connectivity index (χ0) is 11.3. The summed E-state index contributed by atoms with van der Waals surface area (Å²) in [5.74, 6) is 0.209. The largest absolute Gasteiger partial charge is 0.298 e. The van der Waals surface area contributed by atoms with Gasteiger partial charge in [-0.1, -0.05) is 26.0 Å². The Bertz CT molecular complexity index is 338. The predicted molar refractivity (Wildman–Crippen MR) is 57.6 cm³/mol. The Balaban J connectivity index is 2.67. The summed E-state index contributed by atoms with van der Waals surface area (Å²) in [7, 11) is 0. The molecule has 1 atom stereocenters. The summed E-state index contributed by atoms with van der Waals surface area (Å²) in [6.45, 7) is 4.92. The van der Waals surface area contributed by atoms with Crippen LogP contribution in [0, 0.1) is 23.1 Å². The number of nitriles is 1. The summed E-state index contributed by atoms with van der Waals surface area (Å²) < 4.78 is 12.7. The minimum Gasteiger partial charge on any atom is -0.298 e. The Morgan fingerprint density at radius 3 is 2.40 bits per heavy atom. The van der Waals surface area contributed by atoms with Gasteiger partial charge in [0.25, 0.3) is 0 Å². The van der Waals surface area contributed by atoms with Gasteiger partial charge in [-0.25, -0.2) is 4.39 Å². The molecule has 0 saturated carbocycles. The minimum atomic E-state index is -0.354. The highest BCUT2D eigenvalue weighted by Crippen LogP contribution is 2.12. The predicted octanol–water partition coefficient (Wildman–Crippen LogP) is 2.64. The molecule has 0 fully saturated rings. The zero-order valence-electron chi connectivity index (χ0n) is 9.00. The first-order chi connectivity index (χ1) is 7.13. The van der Waals surface area contributed by atoms with Crippen molar-refractivity contribution in [3.8, 4) is 6.07 Å². The van der Waals surface area contributed by atoms with Crippen LogP contribution < -0.4 is 5.32 Å². The number of benzene rings is 1. The van der Waals surface area contributed by atoms with Gasteiger partial charge in [0.1, 0.15) is 11.9 Å². The first-order valence-corrected chi connectivity index (χ1v) is 5.02. The third-order valence-corrected chi connectivity index (χ3v) is 2.06. The van der Waals surface area contributed by atoms with Gasteiger partial charge >= 0.3 is 0 Å². The standard InChI is InChI=1S/C12H15FN2/c1-9(2)8-15-12(7-14)10-3-5-11(13)6-4-10/h3-6,9,12,15H,8H2,1-2H3/t12-/m1/s1. The first-order valence-electron chi connectivity index (χ1n) is 5.02. The molecule has 3 heteroatoms. The lowest BCUT2D eigenvalue weighted by atomic mass is 10.1. The van der Waals surface area contributed by atoms with Gasteiger partial charge in [-0.15, -0.1) is 0 Å². The maximum absolute atomic E-state index is 12.7. The molecular weight excluding hydrogens is 191 g/mol. The molecule has 15 heavy (non-hydrogen) atoms. The van der Waals surface area contributed by atoms with Crippen molar-refractivity contribution in [1.29, 1.82) is 5.26 Å². The van der Waals surface area contributed by atoms with E-state index in [1.54, 1.807) is 12.1 Å². The van der Waals surface area contributed by atoms with Gasteiger partial charge in [-0.05, 0) is 30.2 Å². The summed E-state index contributed by atoms with van der Waals surface area (Å²) in [6, 6.07) is 7.82. The van der Waals surface area contributed by atoms with Crippen LogP contribution >= 0.6 is 0 Å². The van der Waals surface area contributed by atoms with E-state index in [4.69, 9.17) is 5.26 Å². The number of rotatable bonds is 4. The molecule has 0 aromatic heterocycles. The molecule has 0 aliphatic rings. The molecule has 0 aliphatic heterocycles. The molecule has 80 valence electrons. The quantitative estimate of drug-likeness (QED) is 0.822. The highest BCUT2D eigenvalue weighted by atomic mass is 19.1. The SMILES string of the molecule is CC(C)CN[C@H](C#N)c1ccc(F)cc1. The van der Waals surface area contributed by atoms with Crippen LogP contribution in [0.4, 0.5) is 4.39 Å². The van der Waals surface area contributed by atoms with Crippen LogP contribution in [0.2, 0.25) is 0 Å². The number of hydrogen-bond acceptors (Lipinski definition) is 2. The van der Waals surface area contributed by atoms with Crippen LogP contribution in [0.3, 0.4) is 0 Å². The average Bonchev–Trinajstić information content (AvgIpc) is 2.21. The lowest BCUT2D eigenvalue weighted by molar-refractivity contribution is 0.524. The van der Waals surface area contributed by atoms with Crippen molar-refractivity contribution in [1.82, 2.24) is 5.32 Å². The summed E-state index contributed by atoms with van der Waals surface area (Å²) in [4.78, 5) is 0. The van der Waals surface area contributed by atoms with E-state index in [2.05, 4.69) is 25.2 Å². The third kappa shape index (κ3) is 3.69. The van der Waals surface area contributed by atoms with Crippen LogP contribution in [0.15, 0.2) is 24.3 Å². The molecule has 0 amide bonds. The molecule has 2 nitrogen and oxygen atoms in total. The molecule has 0 bridgehead atoms. The van der Waals surface area contributed by atoms with E-state index in [0.29, 0.717) is 5.92 Å². The van der Waals surface area contributed by atoms with Crippen LogP contribution in [-0.2, 0) is 0 Å². The zero-order valence-corrected chi connectivity index (χ0v) is 9.00. The van der Waals surface area contributed by atoms with E-state index in [0.717, 1.165) is 12.1 Å². The van der Waals surface area contributed by atoms with E-state index in [1.807, 2.05) is 0 Å². The van der Waals surface area contributed by atoms with Crippen LogP contribution in [0.25, 0.3) is 0 Å². The van der Waals surface area contributed by atoms with Gasteiger partial charge in [0.2, 0.25) is 0 Å². The fourth-order valence-corrected chi connectivity index (χ4v) is 1.25. The lowest BCUT2D eigenvalue weighted by Gasteiger charge is -2.13. The Hall–Kier alpha value is -1.40. The summed E-state index contributed by atoms with van der Waals surface area (Å²) >= 11 is 0. The van der Waals surface area contributed by atoms with E-state index in [9.17, 15) is 4.39 Å². The Labute approximate surface area is 89.7 Å². The monoisotopic (exact) mass is 206 g/mol. The van der Waals surface area contributed by atoms with Crippen molar-refractivity contribution >= 4 is 0 Å². The van der Waals surface area contributed by atoms with E-state index in [1.165, 1.54) is 12.1 Å². The molecule has 0 aliphatic carbocycles. The molecule has 0 unspecified atom stereocenters. The summed E-state index contributed by atoms with van der Waals surface area (Å²) in [5, 5.41) is 12.1. The van der Waals surface area contributed by atoms with Crippen molar-refractivity contribution < 1.29 is 4.39 Å².